The first-order valence-electron chi connectivity index (χ1n) is 5.89. The lowest BCUT2D eigenvalue weighted by atomic mass is 10.1. The van der Waals surface area contributed by atoms with E-state index in [1.165, 1.54) is 12.8 Å². The number of hydrogen-bond acceptors (Lipinski definition) is 2. The van der Waals surface area contributed by atoms with Crippen LogP contribution in [-0.2, 0) is 6.54 Å². The smallest absolute Gasteiger partial charge is 0.179 e. The minimum Gasteiger partial charge on any atom is -0.329 e. The molecule has 1 fully saturated rings. The molecule has 1 aliphatic rings. The van der Waals surface area contributed by atoms with Crippen LogP contribution in [0.15, 0.2) is 16.7 Å². The minimum absolute atomic E-state index is 0.686. The molecule has 0 bridgehead atoms. The molecule has 1 saturated carbocycles. The standard InChI is InChI=1S/C12H14BrN3S/c1-7(8-2-3-8)6-16-11-10(15-12(16)17)4-9(13)5-14-11/h4-5,7-8H,2-3,6H2,1H3,(H,15,17). The molecule has 1 atom stereocenters. The number of pyridine rings is 1. The molecule has 2 aromatic rings. The summed E-state index contributed by atoms with van der Waals surface area (Å²) in [4.78, 5) is 7.67. The number of H-pyrrole nitrogens is 1. The van der Waals surface area contributed by atoms with Crippen molar-refractivity contribution >= 4 is 39.3 Å². The molecule has 90 valence electrons. The van der Waals surface area contributed by atoms with Crippen LogP contribution >= 0.6 is 28.1 Å². The molecule has 1 aliphatic carbocycles. The maximum Gasteiger partial charge on any atom is 0.179 e. The molecule has 0 saturated heterocycles. The zero-order chi connectivity index (χ0) is 12.0. The second-order valence-corrected chi connectivity index (χ2v) is 6.18. The summed E-state index contributed by atoms with van der Waals surface area (Å²) in [5.74, 6) is 1.57. The Morgan fingerprint density at radius 2 is 2.41 bits per heavy atom. The Labute approximate surface area is 113 Å². The molecule has 3 nitrogen and oxygen atoms in total. The summed E-state index contributed by atoms with van der Waals surface area (Å²) in [5.41, 5.74) is 1.97. The van der Waals surface area contributed by atoms with Crippen molar-refractivity contribution in [2.24, 2.45) is 11.8 Å². The van der Waals surface area contributed by atoms with Crippen molar-refractivity contribution in [1.82, 2.24) is 14.5 Å². The second-order valence-electron chi connectivity index (χ2n) is 4.88. The molecule has 2 heterocycles. The summed E-state index contributed by atoms with van der Waals surface area (Å²) < 4.78 is 3.88. The number of aromatic nitrogens is 3. The van der Waals surface area contributed by atoms with Crippen LogP contribution in [0.1, 0.15) is 19.8 Å². The lowest BCUT2D eigenvalue weighted by molar-refractivity contribution is 0.432. The molecule has 0 aliphatic heterocycles. The van der Waals surface area contributed by atoms with E-state index >= 15 is 0 Å². The third kappa shape index (κ3) is 2.18. The molecular weight excluding hydrogens is 298 g/mol. The third-order valence-electron chi connectivity index (χ3n) is 3.47. The van der Waals surface area contributed by atoms with Crippen LogP contribution in [0, 0.1) is 16.6 Å². The number of nitrogens with zero attached hydrogens (tertiary/aromatic N) is 2. The Balaban J connectivity index is 2.02. The molecule has 2 aromatic heterocycles. The van der Waals surface area contributed by atoms with E-state index in [-0.39, 0.29) is 0 Å². The largest absolute Gasteiger partial charge is 0.329 e. The highest BCUT2D eigenvalue weighted by molar-refractivity contribution is 9.10. The lowest BCUT2D eigenvalue weighted by Crippen LogP contribution is -2.09. The molecule has 0 aromatic carbocycles. The van der Waals surface area contributed by atoms with Crippen molar-refractivity contribution in [1.29, 1.82) is 0 Å². The van der Waals surface area contributed by atoms with E-state index in [2.05, 4.69) is 37.4 Å². The van der Waals surface area contributed by atoms with Crippen LogP contribution in [0.4, 0.5) is 0 Å². The average Bonchev–Trinajstić information content (AvgIpc) is 3.06. The molecule has 3 rings (SSSR count). The molecule has 1 unspecified atom stereocenters. The van der Waals surface area contributed by atoms with E-state index in [1.807, 2.05) is 12.3 Å². The topological polar surface area (TPSA) is 33.6 Å². The van der Waals surface area contributed by atoms with Gasteiger partial charge < -0.3 is 9.55 Å². The van der Waals surface area contributed by atoms with Gasteiger partial charge in [0.15, 0.2) is 10.4 Å². The molecule has 1 N–H and O–H groups in total. The molecule has 0 spiro atoms. The summed E-state index contributed by atoms with van der Waals surface area (Å²) in [5, 5.41) is 0. The number of imidazole rings is 1. The van der Waals surface area contributed by atoms with Gasteiger partial charge >= 0.3 is 0 Å². The van der Waals surface area contributed by atoms with Crippen molar-refractivity contribution < 1.29 is 0 Å². The molecule has 0 radical (unpaired) electrons. The van der Waals surface area contributed by atoms with Crippen molar-refractivity contribution in [3.05, 3.63) is 21.5 Å². The molecule has 17 heavy (non-hydrogen) atoms. The quantitative estimate of drug-likeness (QED) is 0.872. The Kier molecular flexibility index (Phi) is 2.83. The Bertz CT molecular complexity index is 612. The predicted molar refractivity (Wildman–Crippen MR) is 74.5 cm³/mol. The van der Waals surface area contributed by atoms with Gasteiger partial charge in [0.2, 0.25) is 0 Å². The molecule has 5 heteroatoms. The fourth-order valence-corrected chi connectivity index (χ4v) is 2.89. The number of nitrogens with one attached hydrogen (secondary N) is 1. The Morgan fingerprint density at radius 3 is 3.12 bits per heavy atom. The number of aromatic amines is 1. The highest BCUT2D eigenvalue weighted by Gasteiger charge is 2.28. The minimum atomic E-state index is 0.686. The molecular formula is C12H14BrN3S. The van der Waals surface area contributed by atoms with Gasteiger partial charge in [0, 0.05) is 17.2 Å². The van der Waals surface area contributed by atoms with Gasteiger partial charge in [-0.1, -0.05) is 6.92 Å². The van der Waals surface area contributed by atoms with Crippen LogP contribution in [-0.4, -0.2) is 14.5 Å². The third-order valence-corrected chi connectivity index (χ3v) is 4.23. The number of fused-ring (bicyclic) bond motifs is 1. The number of halogens is 1. The highest BCUT2D eigenvalue weighted by atomic mass is 79.9. The van der Waals surface area contributed by atoms with Gasteiger partial charge in [-0.15, -0.1) is 0 Å². The van der Waals surface area contributed by atoms with Crippen LogP contribution in [0.2, 0.25) is 0 Å². The fraction of sp³-hybridized carbons (Fsp3) is 0.500. The van der Waals surface area contributed by atoms with E-state index in [0.29, 0.717) is 5.92 Å². The van der Waals surface area contributed by atoms with E-state index < -0.39 is 0 Å². The number of rotatable bonds is 3. The normalized spacial score (nSPS) is 17.5. The average molecular weight is 312 g/mol. The van der Waals surface area contributed by atoms with Gasteiger partial charge in [-0.2, -0.15) is 0 Å². The SMILES string of the molecule is CC(Cn1c(=S)[nH]c2cc(Br)cnc21)C1CC1. The summed E-state index contributed by atoms with van der Waals surface area (Å²) in [6.45, 7) is 3.27. The number of hydrogen-bond donors (Lipinski definition) is 1. The molecule has 0 amide bonds. The first-order chi connectivity index (χ1) is 8.15. The second kappa shape index (κ2) is 4.21. The van der Waals surface area contributed by atoms with Gasteiger partial charge in [0.05, 0.1) is 5.52 Å². The Morgan fingerprint density at radius 1 is 1.65 bits per heavy atom. The summed E-state index contributed by atoms with van der Waals surface area (Å²) in [7, 11) is 0. The summed E-state index contributed by atoms with van der Waals surface area (Å²) in [6, 6.07) is 2.02. The van der Waals surface area contributed by atoms with Crippen molar-refractivity contribution in [3.63, 3.8) is 0 Å². The maximum absolute atomic E-state index is 5.37. The monoisotopic (exact) mass is 311 g/mol. The van der Waals surface area contributed by atoms with Crippen molar-refractivity contribution in [2.75, 3.05) is 0 Å². The Hall–Kier alpha value is -0.680. The van der Waals surface area contributed by atoms with Crippen LogP contribution < -0.4 is 0 Å². The van der Waals surface area contributed by atoms with E-state index in [9.17, 15) is 0 Å². The predicted octanol–water partition coefficient (Wildman–Crippen LogP) is 3.90. The summed E-state index contributed by atoms with van der Waals surface area (Å²) in [6.07, 6.45) is 4.56. The van der Waals surface area contributed by atoms with E-state index in [4.69, 9.17) is 12.2 Å². The first-order valence-corrected chi connectivity index (χ1v) is 7.09. The van der Waals surface area contributed by atoms with Crippen LogP contribution in [0.3, 0.4) is 0 Å². The van der Waals surface area contributed by atoms with Crippen LogP contribution in [0.5, 0.6) is 0 Å². The fourth-order valence-electron chi connectivity index (χ4n) is 2.29. The first kappa shape index (κ1) is 11.4. The maximum atomic E-state index is 5.37. The van der Waals surface area contributed by atoms with Gasteiger partial charge in [-0.3, -0.25) is 0 Å². The van der Waals surface area contributed by atoms with Crippen molar-refractivity contribution in [3.8, 4) is 0 Å². The lowest BCUT2D eigenvalue weighted by Gasteiger charge is -2.11. The van der Waals surface area contributed by atoms with Crippen LogP contribution in [0.25, 0.3) is 11.2 Å². The van der Waals surface area contributed by atoms with Gasteiger partial charge in [-0.25, -0.2) is 4.98 Å². The zero-order valence-electron chi connectivity index (χ0n) is 9.61. The van der Waals surface area contributed by atoms with E-state index in [1.54, 1.807) is 0 Å². The van der Waals surface area contributed by atoms with E-state index in [0.717, 1.165) is 32.9 Å². The van der Waals surface area contributed by atoms with Gasteiger partial charge in [-0.05, 0) is 58.9 Å². The van der Waals surface area contributed by atoms with Gasteiger partial charge in [0.25, 0.3) is 0 Å². The zero-order valence-corrected chi connectivity index (χ0v) is 12.0. The van der Waals surface area contributed by atoms with Gasteiger partial charge in [0.1, 0.15) is 0 Å². The highest BCUT2D eigenvalue weighted by Crippen LogP contribution is 2.37. The summed E-state index contributed by atoms with van der Waals surface area (Å²) >= 11 is 8.80. The van der Waals surface area contributed by atoms with Crippen molar-refractivity contribution in [2.45, 2.75) is 26.3 Å².